The van der Waals surface area contributed by atoms with Gasteiger partial charge in [0.1, 0.15) is 23.3 Å². The van der Waals surface area contributed by atoms with Crippen LogP contribution >= 0.6 is 11.8 Å². The average molecular weight is 413 g/mol. The lowest BCUT2D eigenvalue weighted by Crippen LogP contribution is -2.10. The highest BCUT2D eigenvalue weighted by atomic mass is 32.2. The summed E-state index contributed by atoms with van der Waals surface area (Å²) in [7, 11) is 0. The highest BCUT2D eigenvalue weighted by molar-refractivity contribution is 7.98. The number of imidazole rings is 1. The first-order chi connectivity index (χ1) is 13.9. The first-order valence-electron chi connectivity index (χ1n) is 9.07. The number of aromatic nitrogens is 4. The van der Waals surface area contributed by atoms with E-state index in [0.29, 0.717) is 32.7 Å². The number of pyridine rings is 1. The first kappa shape index (κ1) is 18.1. The fraction of sp³-hybridized carbons (Fsp3) is 0.250. The second-order valence-corrected chi connectivity index (χ2v) is 8.04. The number of hydrogen-bond acceptors (Lipinski definition) is 5. The van der Waals surface area contributed by atoms with Crippen LogP contribution in [0.1, 0.15) is 22.5 Å². The number of rotatable bonds is 4. The SMILES string of the molecule is CSc1c(F)c(C)c(-c2ccc3nc(N)c(C(=O)[C@@H]4C[C@@H]4F)n3c2)c2cn[nH]c12. The Labute approximate surface area is 168 Å². The van der Waals surface area contributed by atoms with E-state index < -0.39 is 12.1 Å². The average Bonchev–Trinajstić information content (AvgIpc) is 3.09. The molecule has 0 spiro atoms. The molecular formula is C20H17F2N5OS. The molecule has 0 saturated heterocycles. The number of nitrogens with two attached hydrogens (primary N) is 1. The summed E-state index contributed by atoms with van der Waals surface area (Å²) in [6, 6.07) is 3.52. The fourth-order valence-electron chi connectivity index (χ4n) is 3.87. The molecule has 2 atom stereocenters. The quantitative estimate of drug-likeness (QED) is 0.387. The molecule has 29 heavy (non-hydrogen) atoms. The lowest BCUT2D eigenvalue weighted by Gasteiger charge is -2.13. The molecule has 9 heteroatoms. The Balaban J connectivity index is 1.76. The third kappa shape index (κ3) is 2.57. The van der Waals surface area contributed by atoms with Crippen molar-refractivity contribution < 1.29 is 13.6 Å². The maximum atomic E-state index is 15.0. The fourth-order valence-corrected chi connectivity index (χ4v) is 4.56. The Hall–Kier alpha value is -2.94. The number of ketones is 1. The number of carbonyl (C=O) groups is 1. The van der Waals surface area contributed by atoms with E-state index in [1.54, 1.807) is 35.9 Å². The number of nitrogens with one attached hydrogen (secondary N) is 1. The number of halogens is 2. The molecule has 4 aromatic rings. The van der Waals surface area contributed by atoms with Crippen LogP contribution in [0, 0.1) is 18.7 Å². The van der Waals surface area contributed by atoms with E-state index in [1.165, 1.54) is 11.8 Å². The van der Waals surface area contributed by atoms with Gasteiger partial charge in [0.05, 0.1) is 22.5 Å². The maximum Gasteiger partial charge on any atom is 0.189 e. The van der Waals surface area contributed by atoms with Crippen molar-refractivity contribution in [3.63, 3.8) is 0 Å². The van der Waals surface area contributed by atoms with Crippen molar-refractivity contribution in [2.24, 2.45) is 5.92 Å². The molecule has 3 heterocycles. The zero-order chi connectivity index (χ0) is 20.4. The third-order valence-corrected chi connectivity index (χ3v) is 6.25. The van der Waals surface area contributed by atoms with Gasteiger partial charge in [-0.25, -0.2) is 13.8 Å². The van der Waals surface area contributed by atoms with Gasteiger partial charge in [-0.2, -0.15) is 5.10 Å². The van der Waals surface area contributed by atoms with E-state index in [4.69, 9.17) is 5.73 Å². The number of anilines is 1. The van der Waals surface area contributed by atoms with Crippen LogP contribution in [0.2, 0.25) is 0 Å². The van der Waals surface area contributed by atoms with Crippen LogP contribution in [0.25, 0.3) is 27.7 Å². The van der Waals surface area contributed by atoms with E-state index in [2.05, 4.69) is 15.2 Å². The molecule has 3 N–H and O–H groups in total. The van der Waals surface area contributed by atoms with Crippen molar-refractivity contribution in [2.45, 2.75) is 24.4 Å². The normalized spacial score (nSPS) is 18.6. The van der Waals surface area contributed by atoms with Gasteiger partial charge in [0.15, 0.2) is 11.6 Å². The number of carbonyl (C=O) groups excluding carboxylic acids is 1. The number of benzene rings is 1. The topological polar surface area (TPSA) is 89.1 Å². The zero-order valence-corrected chi connectivity index (χ0v) is 16.5. The Morgan fingerprint density at radius 1 is 1.41 bits per heavy atom. The van der Waals surface area contributed by atoms with Crippen molar-refractivity contribution >= 4 is 39.9 Å². The molecule has 148 valence electrons. The van der Waals surface area contributed by atoms with Crippen LogP contribution in [0.4, 0.5) is 14.6 Å². The summed E-state index contributed by atoms with van der Waals surface area (Å²) in [5, 5.41) is 7.74. The summed E-state index contributed by atoms with van der Waals surface area (Å²) < 4.78 is 30.1. The highest BCUT2D eigenvalue weighted by Crippen LogP contribution is 2.40. The monoisotopic (exact) mass is 413 g/mol. The lowest BCUT2D eigenvalue weighted by molar-refractivity contribution is 0.0952. The van der Waals surface area contributed by atoms with E-state index in [0.717, 1.165) is 5.39 Å². The number of thioether (sulfide) groups is 1. The van der Waals surface area contributed by atoms with Crippen molar-refractivity contribution in [1.82, 2.24) is 19.6 Å². The Bertz CT molecular complexity index is 1310. The summed E-state index contributed by atoms with van der Waals surface area (Å²) in [5.74, 6) is -1.26. The molecule has 0 aliphatic heterocycles. The summed E-state index contributed by atoms with van der Waals surface area (Å²) in [6.45, 7) is 1.72. The molecular weight excluding hydrogens is 396 g/mol. The third-order valence-electron chi connectivity index (χ3n) is 5.46. The Kier molecular flexibility index (Phi) is 3.92. The van der Waals surface area contributed by atoms with Crippen LogP contribution < -0.4 is 5.73 Å². The summed E-state index contributed by atoms with van der Waals surface area (Å²) in [5.41, 5.74) is 9.08. The van der Waals surface area contributed by atoms with Gasteiger partial charge in [-0.05, 0) is 42.9 Å². The molecule has 1 fully saturated rings. The molecule has 1 aromatic carbocycles. The molecule has 1 aliphatic carbocycles. The van der Waals surface area contributed by atoms with E-state index in [9.17, 15) is 9.18 Å². The van der Waals surface area contributed by atoms with Gasteiger partial charge in [0, 0.05) is 17.1 Å². The van der Waals surface area contributed by atoms with Gasteiger partial charge in [0.2, 0.25) is 0 Å². The van der Waals surface area contributed by atoms with Gasteiger partial charge < -0.3 is 5.73 Å². The summed E-state index contributed by atoms with van der Waals surface area (Å²) in [4.78, 5) is 17.4. The maximum absolute atomic E-state index is 15.0. The summed E-state index contributed by atoms with van der Waals surface area (Å²) in [6.07, 6.45) is 4.26. The number of alkyl halides is 1. The van der Waals surface area contributed by atoms with Crippen molar-refractivity contribution in [3.8, 4) is 11.1 Å². The largest absolute Gasteiger partial charge is 0.382 e. The molecule has 0 unspecified atom stereocenters. The molecule has 1 saturated carbocycles. The van der Waals surface area contributed by atoms with Crippen LogP contribution in [0.15, 0.2) is 29.4 Å². The number of fused-ring (bicyclic) bond motifs is 2. The van der Waals surface area contributed by atoms with E-state index in [-0.39, 0.29) is 29.5 Å². The Morgan fingerprint density at radius 3 is 2.86 bits per heavy atom. The predicted octanol–water partition coefficient (Wildman–Crippen LogP) is 4.17. The van der Waals surface area contributed by atoms with Crippen LogP contribution in [0.3, 0.4) is 0 Å². The molecule has 1 aliphatic rings. The molecule has 0 radical (unpaired) electrons. The first-order valence-corrected chi connectivity index (χ1v) is 10.3. The molecule has 5 rings (SSSR count). The number of aromatic amines is 1. The van der Waals surface area contributed by atoms with Crippen molar-refractivity contribution in [3.05, 3.63) is 41.6 Å². The number of H-pyrrole nitrogens is 1. The molecule has 0 bridgehead atoms. The van der Waals surface area contributed by atoms with Gasteiger partial charge in [-0.15, -0.1) is 11.8 Å². The van der Waals surface area contributed by atoms with Crippen molar-refractivity contribution in [2.75, 3.05) is 12.0 Å². The van der Waals surface area contributed by atoms with Gasteiger partial charge >= 0.3 is 0 Å². The van der Waals surface area contributed by atoms with Crippen LogP contribution in [-0.4, -0.2) is 37.8 Å². The molecule has 3 aromatic heterocycles. The van der Waals surface area contributed by atoms with Crippen molar-refractivity contribution in [1.29, 1.82) is 0 Å². The zero-order valence-electron chi connectivity index (χ0n) is 15.7. The van der Waals surface area contributed by atoms with E-state index >= 15 is 4.39 Å². The number of hydrogen-bond donors (Lipinski definition) is 2. The smallest absolute Gasteiger partial charge is 0.189 e. The number of Topliss-reactive ketones (excluding diaryl/α,β-unsaturated/α-hetero) is 1. The number of nitrogen functional groups attached to an aromatic ring is 1. The summed E-state index contributed by atoms with van der Waals surface area (Å²) >= 11 is 1.31. The second kappa shape index (κ2) is 6.28. The van der Waals surface area contributed by atoms with Gasteiger partial charge in [-0.3, -0.25) is 14.3 Å². The van der Waals surface area contributed by atoms with Crippen LogP contribution in [0.5, 0.6) is 0 Å². The standard InChI is InChI=1S/C20H17F2N5OS/c1-8-14(11-6-24-26-16(11)19(29-2)15(8)22)9-3-4-13-25-20(23)17(27(13)7-9)18(28)10-5-12(10)21/h3-4,6-7,10,12H,5,23H2,1-2H3,(H,24,26)/t10-,12+/m1/s1. The Morgan fingerprint density at radius 2 is 2.17 bits per heavy atom. The van der Waals surface area contributed by atoms with Gasteiger partial charge in [0.25, 0.3) is 0 Å². The minimum Gasteiger partial charge on any atom is -0.382 e. The lowest BCUT2D eigenvalue weighted by atomic mass is 9.97. The minimum atomic E-state index is -1.13. The van der Waals surface area contributed by atoms with Gasteiger partial charge in [-0.1, -0.05) is 0 Å². The molecule has 6 nitrogen and oxygen atoms in total. The van der Waals surface area contributed by atoms with Crippen LogP contribution in [-0.2, 0) is 0 Å². The second-order valence-electron chi connectivity index (χ2n) is 7.22. The molecule has 0 amide bonds. The number of nitrogens with zero attached hydrogens (tertiary/aromatic N) is 3. The minimum absolute atomic E-state index is 0.0698. The predicted molar refractivity (Wildman–Crippen MR) is 109 cm³/mol. The highest BCUT2D eigenvalue weighted by Gasteiger charge is 2.45. The van der Waals surface area contributed by atoms with E-state index in [1.807, 2.05) is 6.26 Å².